The van der Waals surface area contributed by atoms with Crippen molar-refractivity contribution < 1.29 is 0 Å². The molecule has 1 N–H and O–H groups in total. The van der Waals surface area contributed by atoms with Gasteiger partial charge >= 0.3 is 0 Å². The van der Waals surface area contributed by atoms with E-state index in [1.807, 2.05) is 11.3 Å². The van der Waals surface area contributed by atoms with Gasteiger partial charge in [-0.25, -0.2) is 0 Å². The van der Waals surface area contributed by atoms with Gasteiger partial charge in [-0.2, -0.15) is 0 Å². The minimum Gasteiger partial charge on any atom is -0.314 e. The smallest absolute Gasteiger partial charge is 0.0477 e. The Morgan fingerprint density at radius 3 is 2.83 bits per heavy atom. The fourth-order valence-corrected chi connectivity index (χ4v) is 3.27. The average Bonchev–Trinajstić information content (AvgIpc) is 2.93. The summed E-state index contributed by atoms with van der Waals surface area (Å²) in [7, 11) is 0. The lowest BCUT2D eigenvalue weighted by Gasteiger charge is -2.36. The lowest BCUT2D eigenvalue weighted by molar-refractivity contribution is 0.155. The number of rotatable bonds is 3. The molecule has 1 aromatic heterocycles. The molecule has 3 heteroatoms. The Kier molecular flexibility index (Phi) is 3.74. The molecule has 0 amide bonds. The minimum atomic E-state index is 0.502. The maximum Gasteiger partial charge on any atom is 0.0477 e. The van der Waals surface area contributed by atoms with E-state index >= 15 is 0 Å². The zero-order valence-corrected chi connectivity index (χ0v) is 11.2. The summed E-state index contributed by atoms with van der Waals surface area (Å²) in [5, 5.41) is 5.67. The fraction of sp³-hybridized carbons (Fsp3) is 0.333. The van der Waals surface area contributed by atoms with Crippen molar-refractivity contribution in [2.75, 3.05) is 19.6 Å². The van der Waals surface area contributed by atoms with Gasteiger partial charge in [-0.15, -0.1) is 11.3 Å². The van der Waals surface area contributed by atoms with E-state index in [0.717, 1.165) is 26.2 Å². The van der Waals surface area contributed by atoms with Crippen LogP contribution in [0.1, 0.15) is 16.5 Å². The zero-order chi connectivity index (χ0) is 12.2. The van der Waals surface area contributed by atoms with Gasteiger partial charge in [-0.05, 0) is 17.0 Å². The molecule has 18 heavy (non-hydrogen) atoms. The van der Waals surface area contributed by atoms with E-state index in [1.54, 1.807) is 0 Å². The van der Waals surface area contributed by atoms with Crippen molar-refractivity contribution in [3.8, 4) is 0 Å². The molecule has 1 fully saturated rings. The number of nitrogens with zero attached hydrogens (tertiary/aromatic N) is 1. The first-order chi connectivity index (χ1) is 8.93. The number of hydrogen-bond acceptors (Lipinski definition) is 3. The molecule has 0 bridgehead atoms. The Morgan fingerprint density at radius 2 is 2.06 bits per heavy atom. The molecule has 1 aliphatic heterocycles. The molecule has 3 rings (SSSR count). The molecule has 1 atom stereocenters. The number of nitrogens with one attached hydrogen (secondary N) is 1. The number of hydrogen-bond donors (Lipinski definition) is 1. The van der Waals surface area contributed by atoms with Crippen LogP contribution in [0.2, 0.25) is 0 Å². The first-order valence-corrected chi connectivity index (χ1v) is 7.33. The Morgan fingerprint density at radius 1 is 1.17 bits per heavy atom. The second-order valence-corrected chi connectivity index (χ2v) is 5.71. The average molecular weight is 258 g/mol. The fourth-order valence-electron chi connectivity index (χ4n) is 2.54. The van der Waals surface area contributed by atoms with E-state index in [2.05, 4.69) is 58.1 Å². The summed E-state index contributed by atoms with van der Waals surface area (Å²) in [5.41, 5.74) is 1.42. The van der Waals surface area contributed by atoms with Crippen molar-refractivity contribution >= 4 is 11.3 Å². The molecular weight excluding hydrogens is 240 g/mol. The predicted octanol–water partition coefficient (Wildman–Crippen LogP) is 2.89. The van der Waals surface area contributed by atoms with Crippen LogP contribution < -0.4 is 5.32 Å². The molecule has 0 saturated carbocycles. The summed E-state index contributed by atoms with van der Waals surface area (Å²) in [6.07, 6.45) is 0. The van der Waals surface area contributed by atoms with Gasteiger partial charge in [0, 0.05) is 37.1 Å². The van der Waals surface area contributed by atoms with Gasteiger partial charge in [-0.3, -0.25) is 4.90 Å². The summed E-state index contributed by atoms with van der Waals surface area (Å²) in [6.45, 7) is 4.33. The maximum atomic E-state index is 3.50. The number of thiophene rings is 1. The SMILES string of the molecule is c1ccc(C2CNCCN2Cc2cccs2)cc1. The van der Waals surface area contributed by atoms with Crippen molar-refractivity contribution in [1.29, 1.82) is 0 Å². The van der Waals surface area contributed by atoms with Crippen LogP contribution in [0.4, 0.5) is 0 Å². The van der Waals surface area contributed by atoms with Crippen LogP contribution in [0.3, 0.4) is 0 Å². The second-order valence-electron chi connectivity index (χ2n) is 4.68. The number of benzene rings is 1. The van der Waals surface area contributed by atoms with Gasteiger partial charge in [0.05, 0.1) is 0 Å². The highest BCUT2D eigenvalue weighted by molar-refractivity contribution is 7.09. The summed E-state index contributed by atoms with van der Waals surface area (Å²) in [5.74, 6) is 0. The molecule has 1 unspecified atom stereocenters. The normalized spacial score (nSPS) is 21.0. The lowest BCUT2D eigenvalue weighted by atomic mass is 10.0. The van der Waals surface area contributed by atoms with Crippen molar-refractivity contribution in [3.05, 3.63) is 58.3 Å². The Hall–Kier alpha value is -1.16. The van der Waals surface area contributed by atoms with Gasteiger partial charge in [0.1, 0.15) is 0 Å². The molecule has 0 radical (unpaired) electrons. The topological polar surface area (TPSA) is 15.3 Å². The third-order valence-corrected chi connectivity index (χ3v) is 4.34. The molecule has 94 valence electrons. The maximum absolute atomic E-state index is 3.50. The zero-order valence-electron chi connectivity index (χ0n) is 10.4. The molecular formula is C15H18N2S. The van der Waals surface area contributed by atoms with Gasteiger partial charge in [0.25, 0.3) is 0 Å². The molecule has 2 heterocycles. The summed E-state index contributed by atoms with van der Waals surface area (Å²) < 4.78 is 0. The van der Waals surface area contributed by atoms with E-state index in [9.17, 15) is 0 Å². The van der Waals surface area contributed by atoms with Crippen LogP contribution in [0, 0.1) is 0 Å². The second kappa shape index (κ2) is 5.65. The van der Waals surface area contributed by atoms with Crippen molar-refractivity contribution in [3.63, 3.8) is 0 Å². The molecule has 2 aromatic rings. The molecule has 2 nitrogen and oxygen atoms in total. The number of piperazine rings is 1. The van der Waals surface area contributed by atoms with Crippen LogP contribution in [-0.4, -0.2) is 24.5 Å². The monoisotopic (exact) mass is 258 g/mol. The molecule has 1 saturated heterocycles. The lowest BCUT2D eigenvalue weighted by Crippen LogP contribution is -2.45. The molecule has 1 aliphatic rings. The van der Waals surface area contributed by atoms with E-state index < -0.39 is 0 Å². The van der Waals surface area contributed by atoms with Crippen molar-refractivity contribution in [2.24, 2.45) is 0 Å². The minimum absolute atomic E-state index is 0.502. The van der Waals surface area contributed by atoms with E-state index in [1.165, 1.54) is 10.4 Å². The van der Waals surface area contributed by atoms with Crippen LogP contribution >= 0.6 is 11.3 Å². The van der Waals surface area contributed by atoms with E-state index in [4.69, 9.17) is 0 Å². The van der Waals surface area contributed by atoms with E-state index in [-0.39, 0.29) is 0 Å². The highest BCUT2D eigenvalue weighted by Crippen LogP contribution is 2.25. The first kappa shape index (κ1) is 11.9. The van der Waals surface area contributed by atoms with Crippen LogP contribution in [0.25, 0.3) is 0 Å². The van der Waals surface area contributed by atoms with Crippen LogP contribution in [0.15, 0.2) is 47.8 Å². The molecule has 0 spiro atoms. The van der Waals surface area contributed by atoms with Gasteiger partial charge < -0.3 is 5.32 Å². The third-order valence-electron chi connectivity index (χ3n) is 3.48. The Bertz CT molecular complexity index is 467. The largest absolute Gasteiger partial charge is 0.314 e. The summed E-state index contributed by atoms with van der Waals surface area (Å²) >= 11 is 1.85. The van der Waals surface area contributed by atoms with Crippen LogP contribution in [-0.2, 0) is 6.54 Å². The van der Waals surface area contributed by atoms with Gasteiger partial charge in [0.15, 0.2) is 0 Å². The van der Waals surface area contributed by atoms with Crippen molar-refractivity contribution in [1.82, 2.24) is 10.2 Å². The van der Waals surface area contributed by atoms with E-state index in [0.29, 0.717) is 6.04 Å². The highest BCUT2D eigenvalue weighted by atomic mass is 32.1. The highest BCUT2D eigenvalue weighted by Gasteiger charge is 2.23. The first-order valence-electron chi connectivity index (χ1n) is 6.45. The standard InChI is InChI=1S/C15H18N2S/c1-2-5-13(6-3-1)15-11-16-8-9-17(15)12-14-7-4-10-18-14/h1-7,10,15-16H,8-9,11-12H2. The predicted molar refractivity (Wildman–Crippen MR) is 76.8 cm³/mol. The molecule has 1 aromatic carbocycles. The van der Waals surface area contributed by atoms with Crippen molar-refractivity contribution in [2.45, 2.75) is 12.6 Å². The molecule has 0 aliphatic carbocycles. The summed E-state index contributed by atoms with van der Waals surface area (Å²) in [4.78, 5) is 4.04. The summed E-state index contributed by atoms with van der Waals surface area (Å²) in [6, 6.07) is 15.7. The van der Waals surface area contributed by atoms with Gasteiger partial charge in [-0.1, -0.05) is 36.4 Å². The Labute approximate surface area is 112 Å². The van der Waals surface area contributed by atoms with Crippen LogP contribution in [0.5, 0.6) is 0 Å². The van der Waals surface area contributed by atoms with Gasteiger partial charge in [0.2, 0.25) is 0 Å². The quantitative estimate of drug-likeness (QED) is 0.910. The third kappa shape index (κ3) is 2.64. The Balaban J connectivity index is 1.78.